The van der Waals surface area contributed by atoms with Gasteiger partial charge in [0.1, 0.15) is 5.01 Å². The summed E-state index contributed by atoms with van der Waals surface area (Å²) in [5.41, 5.74) is 3.97. The van der Waals surface area contributed by atoms with Gasteiger partial charge in [-0.15, -0.1) is 11.3 Å². The van der Waals surface area contributed by atoms with Crippen LogP contribution in [0.25, 0.3) is 32.9 Å². The number of benzene rings is 4. The van der Waals surface area contributed by atoms with Crippen LogP contribution in [-0.2, 0) is 0 Å². The zero-order chi connectivity index (χ0) is 37.0. The highest BCUT2D eigenvalue weighted by Crippen LogP contribution is 2.39. The molecule has 1 aromatic heterocycles. The second-order valence-electron chi connectivity index (χ2n) is 12.6. The summed E-state index contributed by atoms with van der Waals surface area (Å²) in [6.45, 7) is 7.45. The van der Waals surface area contributed by atoms with Crippen molar-refractivity contribution in [1.29, 1.82) is 0 Å². The summed E-state index contributed by atoms with van der Waals surface area (Å²) in [6, 6.07) is 24.0. The van der Waals surface area contributed by atoms with E-state index in [2.05, 4.69) is 21.9 Å². The van der Waals surface area contributed by atoms with Gasteiger partial charge < -0.3 is 43.0 Å². The topological polar surface area (TPSA) is 84.0 Å². The molecule has 0 unspecified atom stereocenters. The van der Waals surface area contributed by atoms with E-state index in [4.69, 9.17) is 38.1 Å². The van der Waals surface area contributed by atoms with Gasteiger partial charge in [-0.2, -0.15) is 0 Å². The van der Waals surface area contributed by atoms with Gasteiger partial charge in [-0.1, -0.05) is 30.4 Å². The second kappa shape index (κ2) is 18.7. The molecule has 2 heterocycles. The Labute approximate surface area is 316 Å². The average molecular weight is 740 g/mol. The summed E-state index contributed by atoms with van der Waals surface area (Å²) >= 11 is 1.68. The SMILES string of the molecule is COc1cc(-c2nc3ccccc3s2)ccc1OCCCN1CCN(CCCOc2cc(/C=C\c3cc(OC)c(OC)c(OC)c3)ccc2OC)CC1. The van der Waals surface area contributed by atoms with Crippen LogP contribution in [0.5, 0.6) is 40.2 Å². The summed E-state index contributed by atoms with van der Waals surface area (Å²) in [5.74, 6) is 4.73. The number of aromatic nitrogens is 1. The third kappa shape index (κ3) is 9.72. The lowest BCUT2D eigenvalue weighted by molar-refractivity contribution is 0.120. The van der Waals surface area contributed by atoms with Gasteiger partial charge in [0.25, 0.3) is 0 Å². The number of fused-ring (bicyclic) bond motifs is 1. The molecule has 0 bridgehead atoms. The number of methoxy groups -OCH3 is 5. The normalized spacial score (nSPS) is 13.7. The summed E-state index contributed by atoms with van der Waals surface area (Å²) in [4.78, 5) is 9.82. The number of hydrogen-bond acceptors (Lipinski definition) is 11. The second-order valence-corrected chi connectivity index (χ2v) is 13.7. The van der Waals surface area contributed by atoms with Crippen LogP contribution in [0.4, 0.5) is 0 Å². The van der Waals surface area contributed by atoms with Crippen molar-refractivity contribution in [2.75, 3.05) is 88.0 Å². The van der Waals surface area contributed by atoms with E-state index in [0.29, 0.717) is 36.2 Å². The molecule has 0 amide bonds. The third-order valence-corrected chi connectivity index (χ3v) is 10.4. The largest absolute Gasteiger partial charge is 0.493 e. The standard InChI is InChI=1S/C42H49N3O7S/c1-46-34-16-14-30(12-13-31-27-38(48-3)41(50-5)39(28-31)49-4)26-37(34)52-25-9-19-45-22-20-44(21-23-45)18-8-24-51-35-17-15-32(29-36(35)47-2)42-43-33-10-6-7-11-40(33)53-42/h6-7,10-17,26-29H,8-9,18-25H2,1-5H3/b13-12-. The van der Waals surface area contributed by atoms with E-state index >= 15 is 0 Å². The van der Waals surface area contributed by atoms with Crippen molar-refractivity contribution in [1.82, 2.24) is 14.8 Å². The number of nitrogens with zero attached hydrogens (tertiary/aromatic N) is 3. The molecule has 5 aromatic rings. The molecule has 280 valence electrons. The molecule has 0 spiro atoms. The highest BCUT2D eigenvalue weighted by atomic mass is 32.1. The summed E-state index contributed by atoms with van der Waals surface area (Å²) in [5, 5.41) is 0.979. The van der Waals surface area contributed by atoms with Crippen LogP contribution in [0.15, 0.2) is 72.8 Å². The van der Waals surface area contributed by atoms with E-state index in [0.717, 1.165) is 96.6 Å². The number of para-hydroxylation sites is 1. The fourth-order valence-corrected chi connectivity index (χ4v) is 7.35. The first kappa shape index (κ1) is 37.8. The zero-order valence-corrected chi connectivity index (χ0v) is 32.1. The summed E-state index contributed by atoms with van der Waals surface area (Å²) in [6.07, 6.45) is 5.92. The highest BCUT2D eigenvalue weighted by Gasteiger charge is 2.17. The molecule has 1 aliphatic heterocycles. The minimum atomic E-state index is 0.567. The maximum atomic E-state index is 6.22. The Hall–Kier alpha value is -4.97. The van der Waals surface area contributed by atoms with E-state index in [1.807, 2.05) is 72.8 Å². The molecular weight excluding hydrogens is 691 g/mol. The predicted molar refractivity (Wildman–Crippen MR) is 213 cm³/mol. The van der Waals surface area contributed by atoms with Crippen molar-refractivity contribution < 1.29 is 33.2 Å². The molecule has 1 aliphatic rings. The summed E-state index contributed by atoms with van der Waals surface area (Å²) < 4.78 is 41.2. The van der Waals surface area contributed by atoms with E-state index in [1.165, 1.54) is 4.70 Å². The molecule has 6 rings (SSSR count). The number of ether oxygens (including phenoxy) is 7. The molecular formula is C42H49N3O7S. The maximum absolute atomic E-state index is 6.22. The van der Waals surface area contributed by atoms with Crippen molar-refractivity contribution in [2.24, 2.45) is 0 Å². The smallest absolute Gasteiger partial charge is 0.203 e. The fourth-order valence-electron chi connectivity index (χ4n) is 6.39. The number of rotatable bonds is 18. The van der Waals surface area contributed by atoms with Gasteiger partial charge in [-0.3, -0.25) is 0 Å². The average Bonchev–Trinajstić information content (AvgIpc) is 3.65. The number of hydrogen-bond donors (Lipinski definition) is 0. The van der Waals surface area contributed by atoms with Crippen LogP contribution in [0.2, 0.25) is 0 Å². The van der Waals surface area contributed by atoms with Gasteiger partial charge >= 0.3 is 0 Å². The monoisotopic (exact) mass is 739 g/mol. The van der Waals surface area contributed by atoms with Crippen LogP contribution in [0, 0.1) is 0 Å². The van der Waals surface area contributed by atoms with Crippen LogP contribution >= 0.6 is 11.3 Å². The molecule has 1 fully saturated rings. The van der Waals surface area contributed by atoms with Gasteiger partial charge in [0.2, 0.25) is 5.75 Å². The number of piperazine rings is 1. The zero-order valence-electron chi connectivity index (χ0n) is 31.3. The first-order valence-corrected chi connectivity index (χ1v) is 18.7. The van der Waals surface area contributed by atoms with E-state index < -0.39 is 0 Å². The van der Waals surface area contributed by atoms with E-state index in [1.54, 1.807) is 46.9 Å². The number of thiazole rings is 1. The van der Waals surface area contributed by atoms with Gasteiger partial charge in [0.05, 0.1) is 59.0 Å². The van der Waals surface area contributed by atoms with E-state index in [9.17, 15) is 0 Å². The predicted octanol–water partition coefficient (Wildman–Crippen LogP) is 8.03. The minimum Gasteiger partial charge on any atom is -0.493 e. The molecule has 0 atom stereocenters. The highest BCUT2D eigenvalue weighted by molar-refractivity contribution is 7.21. The quantitative estimate of drug-likeness (QED) is 0.0651. The summed E-state index contributed by atoms with van der Waals surface area (Å²) in [7, 11) is 8.17. The molecule has 0 radical (unpaired) electrons. The lowest BCUT2D eigenvalue weighted by Crippen LogP contribution is -2.47. The molecule has 1 saturated heterocycles. The molecule has 4 aromatic carbocycles. The molecule has 0 aliphatic carbocycles. The third-order valence-electron chi connectivity index (χ3n) is 9.26. The molecule has 0 saturated carbocycles. The van der Waals surface area contributed by atoms with Gasteiger partial charge in [-0.05, 0) is 78.6 Å². The Balaban J connectivity index is 0.907. The van der Waals surface area contributed by atoms with Crippen molar-refractivity contribution >= 4 is 33.7 Å². The molecule has 53 heavy (non-hydrogen) atoms. The maximum Gasteiger partial charge on any atom is 0.203 e. The first-order valence-electron chi connectivity index (χ1n) is 17.9. The van der Waals surface area contributed by atoms with Gasteiger partial charge in [0, 0.05) is 44.8 Å². The van der Waals surface area contributed by atoms with Crippen molar-refractivity contribution in [3.05, 3.63) is 83.9 Å². The van der Waals surface area contributed by atoms with Crippen LogP contribution in [0.1, 0.15) is 24.0 Å². The Bertz CT molecular complexity index is 1910. The Morgan fingerprint density at radius 2 is 1.17 bits per heavy atom. The van der Waals surface area contributed by atoms with Crippen molar-refractivity contribution in [2.45, 2.75) is 12.8 Å². The van der Waals surface area contributed by atoms with Crippen molar-refractivity contribution in [3.8, 4) is 50.8 Å². The Morgan fingerprint density at radius 1 is 0.585 bits per heavy atom. The molecule has 11 heteroatoms. The molecule has 10 nitrogen and oxygen atoms in total. The minimum absolute atomic E-state index is 0.567. The van der Waals surface area contributed by atoms with Crippen LogP contribution < -0.4 is 33.2 Å². The van der Waals surface area contributed by atoms with E-state index in [-0.39, 0.29) is 0 Å². The fraction of sp³-hybridized carbons (Fsp3) is 0.357. The first-order chi connectivity index (χ1) is 26.0. The lowest BCUT2D eigenvalue weighted by atomic mass is 10.1. The van der Waals surface area contributed by atoms with Gasteiger partial charge in [-0.25, -0.2) is 4.98 Å². The van der Waals surface area contributed by atoms with Crippen molar-refractivity contribution in [3.63, 3.8) is 0 Å². The Morgan fingerprint density at radius 3 is 1.79 bits per heavy atom. The van der Waals surface area contributed by atoms with Crippen LogP contribution in [-0.4, -0.2) is 103 Å². The Kier molecular flexibility index (Phi) is 13.3. The molecule has 0 N–H and O–H groups in total. The van der Waals surface area contributed by atoms with Crippen LogP contribution in [0.3, 0.4) is 0 Å². The van der Waals surface area contributed by atoms with Gasteiger partial charge in [0.15, 0.2) is 34.5 Å². The lowest BCUT2D eigenvalue weighted by Gasteiger charge is -2.34.